The first-order valence-electron chi connectivity index (χ1n) is 11.0. The van der Waals surface area contributed by atoms with Gasteiger partial charge in [-0.25, -0.2) is 12.8 Å². The molecule has 0 spiro atoms. The maximum atomic E-state index is 13.8. The molecule has 0 saturated heterocycles. The molecule has 0 aliphatic carbocycles. The molecule has 0 saturated carbocycles. The SMILES string of the molecule is O=S(=O)(c1ccc2c(c1)OCCO2)N1CCOc2ccc(COCc3ccccc3F)cc2C1. The van der Waals surface area contributed by atoms with Crippen molar-refractivity contribution < 1.29 is 31.8 Å². The minimum absolute atomic E-state index is 0.143. The lowest BCUT2D eigenvalue weighted by molar-refractivity contribution is 0.105. The van der Waals surface area contributed by atoms with Crippen molar-refractivity contribution in [3.63, 3.8) is 0 Å². The molecule has 9 heteroatoms. The van der Waals surface area contributed by atoms with Crippen molar-refractivity contribution in [1.82, 2.24) is 4.31 Å². The number of ether oxygens (including phenoxy) is 4. The molecular formula is C25H24FNO6S. The molecule has 3 aromatic carbocycles. The van der Waals surface area contributed by atoms with Crippen molar-refractivity contribution in [2.45, 2.75) is 24.7 Å². The van der Waals surface area contributed by atoms with Crippen molar-refractivity contribution in [3.8, 4) is 17.2 Å². The molecule has 178 valence electrons. The molecule has 3 aromatic rings. The Morgan fingerprint density at radius 2 is 1.62 bits per heavy atom. The second-order valence-electron chi connectivity index (χ2n) is 8.02. The van der Waals surface area contributed by atoms with E-state index >= 15 is 0 Å². The first-order valence-corrected chi connectivity index (χ1v) is 12.4. The summed E-state index contributed by atoms with van der Waals surface area (Å²) in [5.74, 6) is 1.29. The molecule has 0 aromatic heterocycles. The zero-order valence-corrected chi connectivity index (χ0v) is 19.2. The number of hydrogen-bond donors (Lipinski definition) is 0. The predicted octanol–water partition coefficient (Wildman–Crippen LogP) is 3.90. The highest BCUT2D eigenvalue weighted by Crippen LogP contribution is 2.34. The fourth-order valence-corrected chi connectivity index (χ4v) is 5.36. The van der Waals surface area contributed by atoms with Crippen LogP contribution in [-0.2, 0) is 34.5 Å². The summed E-state index contributed by atoms with van der Waals surface area (Å²) >= 11 is 0. The van der Waals surface area contributed by atoms with E-state index in [4.69, 9.17) is 18.9 Å². The van der Waals surface area contributed by atoms with E-state index in [-0.39, 0.29) is 43.6 Å². The number of rotatable bonds is 6. The molecule has 0 bridgehead atoms. The van der Waals surface area contributed by atoms with Gasteiger partial charge in [0, 0.05) is 30.3 Å². The Balaban J connectivity index is 1.32. The molecule has 0 N–H and O–H groups in total. The fraction of sp³-hybridized carbons (Fsp3) is 0.280. The number of halogens is 1. The third-order valence-corrected chi connectivity index (χ3v) is 7.55. The van der Waals surface area contributed by atoms with Crippen LogP contribution in [0, 0.1) is 5.82 Å². The van der Waals surface area contributed by atoms with Crippen LogP contribution >= 0.6 is 0 Å². The normalized spacial score (nSPS) is 15.8. The van der Waals surface area contributed by atoms with Gasteiger partial charge in [0.25, 0.3) is 0 Å². The van der Waals surface area contributed by atoms with E-state index in [2.05, 4.69) is 0 Å². The Kier molecular flexibility index (Phi) is 6.40. The van der Waals surface area contributed by atoms with Crippen LogP contribution < -0.4 is 14.2 Å². The summed E-state index contributed by atoms with van der Waals surface area (Å²) < 4.78 is 64.5. The molecule has 5 rings (SSSR count). The van der Waals surface area contributed by atoms with Gasteiger partial charge in [-0.3, -0.25) is 0 Å². The average molecular weight is 486 g/mol. The Labute approximate surface area is 197 Å². The number of hydrogen-bond acceptors (Lipinski definition) is 6. The smallest absolute Gasteiger partial charge is 0.243 e. The van der Waals surface area contributed by atoms with E-state index in [1.165, 1.54) is 22.5 Å². The van der Waals surface area contributed by atoms with Crippen molar-refractivity contribution in [2.24, 2.45) is 0 Å². The number of sulfonamides is 1. The average Bonchev–Trinajstić information content (AvgIpc) is 3.07. The maximum Gasteiger partial charge on any atom is 0.243 e. The quantitative estimate of drug-likeness (QED) is 0.527. The third kappa shape index (κ3) is 4.72. The summed E-state index contributed by atoms with van der Waals surface area (Å²) in [5, 5.41) is 0. The molecule has 2 heterocycles. The van der Waals surface area contributed by atoms with Crippen LogP contribution in [0.1, 0.15) is 16.7 Å². The van der Waals surface area contributed by atoms with Gasteiger partial charge in [-0.15, -0.1) is 0 Å². The van der Waals surface area contributed by atoms with Gasteiger partial charge >= 0.3 is 0 Å². The van der Waals surface area contributed by atoms with Crippen LogP contribution in [0.3, 0.4) is 0 Å². The Bertz CT molecular complexity index is 1300. The molecule has 34 heavy (non-hydrogen) atoms. The van der Waals surface area contributed by atoms with Crippen LogP contribution in [0.15, 0.2) is 65.6 Å². The monoisotopic (exact) mass is 485 g/mol. The minimum Gasteiger partial charge on any atom is -0.492 e. The van der Waals surface area contributed by atoms with Crippen molar-refractivity contribution in [2.75, 3.05) is 26.4 Å². The molecule has 0 unspecified atom stereocenters. The Morgan fingerprint density at radius 3 is 2.47 bits per heavy atom. The summed E-state index contributed by atoms with van der Waals surface area (Å²) in [6, 6.07) is 16.7. The van der Waals surface area contributed by atoms with Crippen LogP contribution in [0.4, 0.5) is 4.39 Å². The van der Waals surface area contributed by atoms with Crippen molar-refractivity contribution in [1.29, 1.82) is 0 Å². The highest BCUT2D eigenvalue weighted by molar-refractivity contribution is 7.89. The summed E-state index contributed by atoms with van der Waals surface area (Å²) in [5.41, 5.74) is 2.07. The second-order valence-corrected chi connectivity index (χ2v) is 9.96. The van der Waals surface area contributed by atoms with Crippen LogP contribution in [0.5, 0.6) is 17.2 Å². The molecule has 0 radical (unpaired) electrons. The first kappa shape index (κ1) is 22.6. The van der Waals surface area contributed by atoms with Gasteiger partial charge in [-0.05, 0) is 35.9 Å². The van der Waals surface area contributed by atoms with Crippen molar-refractivity contribution >= 4 is 10.0 Å². The third-order valence-electron chi connectivity index (χ3n) is 5.71. The summed E-state index contributed by atoms with van der Waals surface area (Å²) in [4.78, 5) is 0.143. The van der Waals surface area contributed by atoms with Crippen molar-refractivity contribution in [3.05, 3.63) is 83.2 Å². The van der Waals surface area contributed by atoms with Crippen LogP contribution in [0.25, 0.3) is 0 Å². The zero-order valence-electron chi connectivity index (χ0n) is 18.4. The number of nitrogens with zero attached hydrogens (tertiary/aromatic N) is 1. The van der Waals surface area contributed by atoms with Crippen LogP contribution in [0.2, 0.25) is 0 Å². The van der Waals surface area contributed by atoms with E-state index < -0.39 is 10.0 Å². The van der Waals surface area contributed by atoms with Gasteiger partial charge in [0.05, 0.1) is 18.1 Å². The molecule has 2 aliphatic rings. The lowest BCUT2D eigenvalue weighted by Crippen LogP contribution is -2.32. The number of fused-ring (bicyclic) bond motifs is 2. The summed E-state index contributed by atoms with van der Waals surface area (Å²) in [7, 11) is -3.79. The first-order chi connectivity index (χ1) is 16.5. The van der Waals surface area contributed by atoms with E-state index in [1.54, 1.807) is 24.3 Å². The fourth-order valence-electron chi connectivity index (χ4n) is 3.95. The molecule has 7 nitrogen and oxygen atoms in total. The summed E-state index contributed by atoms with van der Waals surface area (Å²) in [6.45, 7) is 1.83. The van der Waals surface area contributed by atoms with Gasteiger partial charge < -0.3 is 18.9 Å². The van der Waals surface area contributed by atoms with Gasteiger partial charge in [0.2, 0.25) is 10.0 Å². The lowest BCUT2D eigenvalue weighted by atomic mass is 10.1. The largest absolute Gasteiger partial charge is 0.492 e. The molecule has 0 amide bonds. The standard InChI is InChI=1S/C25H24FNO6S/c26-22-4-2-1-3-19(22)17-30-16-18-5-7-23-20(13-18)15-27(9-10-31-23)34(28,29)21-6-8-24-25(14-21)33-12-11-32-24/h1-8,13-14H,9-12,15-17H2. The molecule has 0 fully saturated rings. The van der Waals surface area contributed by atoms with E-state index in [0.29, 0.717) is 36.0 Å². The zero-order chi connectivity index (χ0) is 23.5. The van der Waals surface area contributed by atoms with Gasteiger partial charge in [0.1, 0.15) is 31.4 Å². The van der Waals surface area contributed by atoms with Gasteiger partial charge in [-0.1, -0.05) is 24.3 Å². The van der Waals surface area contributed by atoms with E-state index in [0.717, 1.165) is 11.1 Å². The topological polar surface area (TPSA) is 74.3 Å². The summed E-state index contributed by atoms with van der Waals surface area (Å²) in [6.07, 6.45) is 0. The molecule has 0 atom stereocenters. The van der Waals surface area contributed by atoms with Gasteiger partial charge in [-0.2, -0.15) is 4.31 Å². The minimum atomic E-state index is -3.79. The molecular weight excluding hydrogens is 461 g/mol. The van der Waals surface area contributed by atoms with Gasteiger partial charge in [0.15, 0.2) is 11.5 Å². The number of benzene rings is 3. The highest BCUT2D eigenvalue weighted by Gasteiger charge is 2.29. The van der Waals surface area contributed by atoms with E-state index in [1.807, 2.05) is 18.2 Å². The Morgan fingerprint density at radius 1 is 0.853 bits per heavy atom. The Hall–Kier alpha value is -3.14. The van der Waals surface area contributed by atoms with E-state index in [9.17, 15) is 12.8 Å². The second kappa shape index (κ2) is 9.61. The molecule has 2 aliphatic heterocycles. The lowest BCUT2D eigenvalue weighted by Gasteiger charge is -2.22. The predicted molar refractivity (Wildman–Crippen MR) is 122 cm³/mol. The highest BCUT2D eigenvalue weighted by atomic mass is 32.2. The van der Waals surface area contributed by atoms with Crippen LogP contribution in [-0.4, -0.2) is 39.1 Å². The maximum absolute atomic E-state index is 13.8.